The number of H-pyrrole nitrogens is 1. The molecule has 1 aromatic heterocycles. The van der Waals surface area contributed by atoms with Crippen LogP contribution in [0, 0.1) is 0 Å². The third-order valence-electron chi connectivity index (χ3n) is 3.87. The molecule has 0 spiro atoms. The van der Waals surface area contributed by atoms with Gasteiger partial charge >= 0.3 is 0 Å². The van der Waals surface area contributed by atoms with E-state index < -0.39 is 0 Å². The minimum atomic E-state index is -0.0484. The Morgan fingerprint density at radius 3 is 2.71 bits per heavy atom. The van der Waals surface area contributed by atoms with E-state index in [1.165, 1.54) is 18.4 Å². The highest BCUT2D eigenvalue weighted by molar-refractivity contribution is 5.94. The SMILES string of the molecule is CCC(Cc1nn[nH]n1)NC(=O)c1ccc(C2CC2)cc1. The molecule has 1 amide bonds. The van der Waals surface area contributed by atoms with Gasteiger partial charge in [-0.3, -0.25) is 4.79 Å². The largest absolute Gasteiger partial charge is 0.349 e. The van der Waals surface area contributed by atoms with Gasteiger partial charge in [-0.15, -0.1) is 10.2 Å². The number of benzene rings is 1. The fourth-order valence-corrected chi connectivity index (χ4v) is 2.38. The summed E-state index contributed by atoms with van der Waals surface area (Å²) in [6, 6.07) is 7.95. The van der Waals surface area contributed by atoms with E-state index in [1.807, 2.05) is 19.1 Å². The van der Waals surface area contributed by atoms with Gasteiger partial charge in [0, 0.05) is 18.0 Å². The molecule has 110 valence electrons. The number of aromatic nitrogens is 4. The van der Waals surface area contributed by atoms with Crippen LogP contribution in [0.1, 0.15) is 53.8 Å². The fourth-order valence-electron chi connectivity index (χ4n) is 2.38. The minimum absolute atomic E-state index is 0.0122. The van der Waals surface area contributed by atoms with Crippen molar-refractivity contribution in [3.63, 3.8) is 0 Å². The van der Waals surface area contributed by atoms with Crippen LogP contribution in [0.4, 0.5) is 0 Å². The number of nitrogens with zero attached hydrogens (tertiary/aromatic N) is 3. The molecule has 1 atom stereocenters. The lowest BCUT2D eigenvalue weighted by Gasteiger charge is -2.15. The molecule has 0 aliphatic heterocycles. The molecule has 1 aliphatic carbocycles. The van der Waals surface area contributed by atoms with Crippen LogP contribution in [-0.2, 0) is 6.42 Å². The summed E-state index contributed by atoms with van der Waals surface area (Å²) in [5.41, 5.74) is 2.04. The minimum Gasteiger partial charge on any atom is -0.349 e. The van der Waals surface area contributed by atoms with Crippen molar-refractivity contribution in [3.8, 4) is 0 Å². The summed E-state index contributed by atoms with van der Waals surface area (Å²) < 4.78 is 0. The smallest absolute Gasteiger partial charge is 0.251 e. The van der Waals surface area contributed by atoms with E-state index in [4.69, 9.17) is 0 Å². The van der Waals surface area contributed by atoms with Gasteiger partial charge in [0.2, 0.25) is 0 Å². The van der Waals surface area contributed by atoms with Gasteiger partial charge in [0.05, 0.1) is 0 Å². The summed E-state index contributed by atoms with van der Waals surface area (Å²) in [6.45, 7) is 2.03. The van der Waals surface area contributed by atoms with Gasteiger partial charge in [-0.05, 0) is 42.9 Å². The Labute approximate surface area is 123 Å². The first-order valence-corrected chi connectivity index (χ1v) is 7.39. The van der Waals surface area contributed by atoms with Gasteiger partial charge in [0.1, 0.15) is 0 Å². The van der Waals surface area contributed by atoms with Crippen LogP contribution in [0.25, 0.3) is 0 Å². The standard InChI is InChI=1S/C15H19N5O/c1-2-13(9-14-17-19-20-18-14)16-15(21)12-7-5-11(6-8-12)10-3-4-10/h5-8,10,13H,2-4,9H2,1H3,(H,16,21)(H,17,18,19,20). The normalized spacial score (nSPS) is 15.7. The van der Waals surface area contributed by atoms with Gasteiger partial charge in [-0.1, -0.05) is 24.3 Å². The lowest BCUT2D eigenvalue weighted by Crippen LogP contribution is -2.36. The number of nitrogens with one attached hydrogen (secondary N) is 2. The van der Waals surface area contributed by atoms with E-state index in [0.717, 1.165) is 6.42 Å². The molecule has 3 rings (SSSR count). The third-order valence-corrected chi connectivity index (χ3v) is 3.87. The van der Waals surface area contributed by atoms with Crippen LogP contribution in [0.3, 0.4) is 0 Å². The van der Waals surface area contributed by atoms with E-state index in [2.05, 4.69) is 38.1 Å². The van der Waals surface area contributed by atoms with E-state index in [9.17, 15) is 4.79 Å². The zero-order chi connectivity index (χ0) is 14.7. The molecule has 1 fully saturated rings. The Hall–Kier alpha value is -2.24. The molecule has 1 saturated carbocycles. The molecule has 1 aromatic carbocycles. The number of hydrogen-bond donors (Lipinski definition) is 2. The number of rotatable bonds is 6. The zero-order valence-electron chi connectivity index (χ0n) is 12.0. The van der Waals surface area contributed by atoms with E-state index in [0.29, 0.717) is 23.7 Å². The van der Waals surface area contributed by atoms with E-state index >= 15 is 0 Å². The average molecular weight is 285 g/mol. The second kappa shape index (κ2) is 6.03. The Kier molecular flexibility index (Phi) is 3.94. The maximum Gasteiger partial charge on any atom is 0.251 e. The van der Waals surface area contributed by atoms with Crippen molar-refractivity contribution in [1.29, 1.82) is 0 Å². The van der Waals surface area contributed by atoms with Crippen LogP contribution in [0.15, 0.2) is 24.3 Å². The predicted molar refractivity (Wildman–Crippen MR) is 77.8 cm³/mol. The van der Waals surface area contributed by atoms with Crippen molar-refractivity contribution in [2.75, 3.05) is 0 Å². The van der Waals surface area contributed by atoms with Crippen molar-refractivity contribution in [2.24, 2.45) is 0 Å². The Morgan fingerprint density at radius 2 is 2.14 bits per heavy atom. The maximum absolute atomic E-state index is 12.3. The lowest BCUT2D eigenvalue weighted by atomic mass is 10.1. The number of carbonyl (C=O) groups is 1. The zero-order valence-corrected chi connectivity index (χ0v) is 12.0. The van der Waals surface area contributed by atoms with Crippen molar-refractivity contribution in [1.82, 2.24) is 25.9 Å². The van der Waals surface area contributed by atoms with Crippen LogP contribution in [0.5, 0.6) is 0 Å². The topological polar surface area (TPSA) is 83.6 Å². The molecular weight excluding hydrogens is 266 g/mol. The number of carbonyl (C=O) groups excluding carboxylic acids is 1. The first kappa shape index (κ1) is 13.7. The molecule has 1 aliphatic rings. The molecule has 0 bridgehead atoms. The van der Waals surface area contributed by atoms with Gasteiger partial charge < -0.3 is 5.32 Å². The lowest BCUT2D eigenvalue weighted by molar-refractivity contribution is 0.0935. The Morgan fingerprint density at radius 1 is 1.38 bits per heavy atom. The van der Waals surface area contributed by atoms with Crippen LogP contribution >= 0.6 is 0 Å². The molecule has 1 unspecified atom stereocenters. The second-order valence-corrected chi connectivity index (χ2v) is 5.51. The summed E-state index contributed by atoms with van der Waals surface area (Å²) >= 11 is 0. The molecule has 1 heterocycles. The first-order valence-electron chi connectivity index (χ1n) is 7.39. The summed E-state index contributed by atoms with van der Waals surface area (Å²) in [6.07, 6.45) is 3.95. The van der Waals surface area contributed by atoms with Crippen molar-refractivity contribution in [3.05, 3.63) is 41.2 Å². The molecule has 6 heteroatoms. The van der Waals surface area contributed by atoms with E-state index in [-0.39, 0.29) is 11.9 Å². The summed E-state index contributed by atoms with van der Waals surface area (Å²) in [7, 11) is 0. The fraction of sp³-hybridized carbons (Fsp3) is 0.467. The monoisotopic (exact) mass is 285 g/mol. The molecule has 21 heavy (non-hydrogen) atoms. The van der Waals surface area contributed by atoms with Crippen LogP contribution in [0.2, 0.25) is 0 Å². The van der Waals surface area contributed by atoms with Crippen molar-refractivity contribution in [2.45, 2.75) is 44.6 Å². The Balaban J connectivity index is 1.60. The number of amides is 1. The van der Waals surface area contributed by atoms with Crippen LogP contribution in [-0.4, -0.2) is 32.6 Å². The van der Waals surface area contributed by atoms with Crippen LogP contribution < -0.4 is 5.32 Å². The summed E-state index contributed by atoms with van der Waals surface area (Å²) in [5.74, 6) is 1.28. The Bertz CT molecular complexity index is 589. The molecular formula is C15H19N5O. The van der Waals surface area contributed by atoms with Crippen molar-refractivity contribution >= 4 is 5.91 Å². The van der Waals surface area contributed by atoms with Gasteiger partial charge in [-0.2, -0.15) is 5.21 Å². The van der Waals surface area contributed by atoms with E-state index in [1.54, 1.807) is 0 Å². The second-order valence-electron chi connectivity index (χ2n) is 5.51. The molecule has 2 N–H and O–H groups in total. The number of aromatic amines is 1. The average Bonchev–Trinajstić information content (AvgIpc) is 3.24. The first-order chi connectivity index (χ1) is 10.3. The number of tetrazole rings is 1. The van der Waals surface area contributed by atoms with Gasteiger partial charge in [-0.25, -0.2) is 0 Å². The molecule has 6 nitrogen and oxygen atoms in total. The third kappa shape index (κ3) is 3.45. The summed E-state index contributed by atoms with van der Waals surface area (Å²) in [5, 5.41) is 16.8. The number of hydrogen-bond acceptors (Lipinski definition) is 4. The summed E-state index contributed by atoms with van der Waals surface area (Å²) in [4.78, 5) is 12.3. The molecule has 0 radical (unpaired) electrons. The molecule has 0 saturated heterocycles. The van der Waals surface area contributed by atoms with Gasteiger partial charge in [0.15, 0.2) is 5.82 Å². The maximum atomic E-state index is 12.3. The highest BCUT2D eigenvalue weighted by atomic mass is 16.1. The highest BCUT2D eigenvalue weighted by Crippen LogP contribution is 2.39. The van der Waals surface area contributed by atoms with Crippen molar-refractivity contribution < 1.29 is 4.79 Å². The highest BCUT2D eigenvalue weighted by Gasteiger charge is 2.23. The van der Waals surface area contributed by atoms with Gasteiger partial charge in [0.25, 0.3) is 5.91 Å². The predicted octanol–water partition coefficient (Wildman–Crippen LogP) is 1.83. The quantitative estimate of drug-likeness (QED) is 0.848. The molecule has 2 aromatic rings.